The monoisotopic (exact) mass is 403 g/mol. The van der Waals surface area contributed by atoms with Crippen LogP contribution in [0.25, 0.3) is 10.2 Å². The number of nitrogens with two attached hydrogens (primary N) is 1. The van der Waals surface area contributed by atoms with Gasteiger partial charge in [-0.25, -0.2) is 19.6 Å². The normalized spacial score (nSPS) is 15.5. The lowest BCUT2D eigenvalue weighted by Crippen LogP contribution is -2.47. The van der Waals surface area contributed by atoms with Crippen LogP contribution in [0.4, 0.5) is 5.95 Å². The van der Waals surface area contributed by atoms with Gasteiger partial charge in [0, 0.05) is 44.3 Å². The zero-order valence-corrected chi connectivity index (χ0v) is 16.5. The number of thiophene rings is 1. The van der Waals surface area contributed by atoms with Crippen LogP contribution in [-0.4, -0.2) is 63.0 Å². The summed E-state index contributed by atoms with van der Waals surface area (Å²) in [5, 5.41) is 3.04. The smallest absolute Gasteiger partial charge is 0.281 e. The Morgan fingerprint density at radius 1 is 1.19 bits per heavy atom. The number of nitrogen functional groups attached to an aromatic ring is 1. The minimum atomic E-state index is -0.178. The van der Waals surface area contributed by atoms with Gasteiger partial charge in [-0.3, -0.25) is 9.69 Å². The number of thioether (sulfide) groups is 1. The second kappa shape index (κ2) is 8.24. The molecule has 0 aromatic carbocycles. The molecule has 1 fully saturated rings. The zero-order valence-electron chi connectivity index (χ0n) is 14.8. The van der Waals surface area contributed by atoms with Gasteiger partial charge in [0.15, 0.2) is 5.16 Å². The minimum absolute atomic E-state index is 0.178. The van der Waals surface area contributed by atoms with Gasteiger partial charge in [0.1, 0.15) is 4.83 Å². The second-order valence-corrected chi connectivity index (χ2v) is 8.25. The van der Waals surface area contributed by atoms with E-state index in [1.807, 2.05) is 11.4 Å². The van der Waals surface area contributed by atoms with Crippen molar-refractivity contribution in [2.45, 2.75) is 11.6 Å². The maximum absolute atomic E-state index is 12.2. The van der Waals surface area contributed by atoms with Gasteiger partial charge in [-0.2, -0.15) is 0 Å². The van der Waals surface area contributed by atoms with Crippen molar-refractivity contribution in [2.75, 3.05) is 49.2 Å². The molecule has 4 heterocycles. The average Bonchev–Trinajstić information content (AvgIpc) is 3.18. The van der Waals surface area contributed by atoms with Crippen molar-refractivity contribution < 1.29 is 0 Å². The molecule has 10 heteroatoms. The van der Waals surface area contributed by atoms with Crippen LogP contribution in [0.3, 0.4) is 0 Å². The summed E-state index contributed by atoms with van der Waals surface area (Å²) in [6.07, 6.45) is 4.58. The van der Waals surface area contributed by atoms with E-state index in [9.17, 15) is 4.79 Å². The van der Waals surface area contributed by atoms with Crippen molar-refractivity contribution in [2.24, 2.45) is 0 Å². The van der Waals surface area contributed by atoms with E-state index in [-0.39, 0.29) is 5.56 Å². The lowest BCUT2D eigenvalue weighted by atomic mass is 10.3. The number of hydrogen-bond donors (Lipinski definition) is 1. The molecule has 27 heavy (non-hydrogen) atoms. The predicted octanol–water partition coefficient (Wildman–Crippen LogP) is 1.27. The number of nitrogens with zero attached hydrogens (tertiary/aromatic N) is 6. The van der Waals surface area contributed by atoms with Crippen LogP contribution in [0.15, 0.2) is 39.9 Å². The highest BCUT2D eigenvalue weighted by Crippen LogP contribution is 2.20. The SMILES string of the molecule is Nn1c(SCCCN2CCN(c3ncccn3)CC2)nc2sccc2c1=O. The Hall–Kier alpha value is -2.17. The molecule has 1 aliphatic rings. The van der Waals surface area contributed by atoms with Gasteiger partial charge in [0.2, 0.25) is 5.95 Å². The standard InChI is InChI=1S/C17H21N7OS2/c18-24-15(25)13-3-12-26-14(13)21-17(24)27-11-2-6-22-7-9-23(10-8-22)16-19-4-1-5-20-16/h1,3-5,12H,2,6-11,18H2. The largest absolute Gasteiger partial charge is 0.338 e. The molecular formula is C17H21N7OS2. The Labute approximate surface area is 165 Å². The van der Waals surface area contributed by atoms with E-state index in [0.717, 1.165) is 55.7 Å². The molecule has 3 aromatic heterocycles. The maximum atomic E-state index is 12.2. The van der Waals surface area contributed by atoms with Gasteiger partial charge in [-0.1, -0.05) is 11.8 Å². The molecule has 0 saturated carbocycles. The summed E-state index contributed by atoms with van der Waals surface area (Å²) in [4.78, 5) is 30.8. The second-order valence-electron chi connectivity index (χ2n) is 6.29. The Balaban J connectivity index is 1.24. The molecule has 3 aromatic rings. The predicted molar refractivity (Wildman–Crippen MR) is 110 cm³/mol. The first-order chi connectivity index (χ1) is 13.2. The van der Waals surface area contributed by atoms with E-state index in [4.69, 9.17) is 5.84 Å². The molecule has 2 N–H and O–H groups in total. The minimum Gasteiger partial charge on any atom is -0.338 e. The first kappa shape index (κ1) is 18.2. The molecule has 0 spiro atoms. The van der Waals surface area contributed by atoms with Crippen molar-refractivity contribution in [3.8, 4) is 0 Å². The summed E-state index contributed by atoms with van der Waals surface area (Å²) in [5.74, 6) is 7.59. The van der Waals surface area contributed by atoms with Crippen LogP contribution >= 0.6 is 23.1 Å². The third-order valence-electron chi connectivity index (χ3n) is 4.55. The van der Waals surface area contributed by atoms with Crippen LogP contribution in [0, 0.1) is 0 Å². The van der Waals surface area contributed by atoms with Crippen LogP contribution in [-0.2, 0) is 0 Å². The molecule has 8 nitrogen and oxygen atoms in total. The van der Waals surface area contributed by atoms with Crippen molar-refractivity contribution in [3.05, 3.63) is 40.3 Å². The van der Waals surface area contributed by atoms with Gasteiger partial charge >= 0.3 is 0 Å². The highest BCUT2D eigenvalue weighted by molar-refractivity contribution is 7.99. The highest BCUT2D eigenvalue weighted by atomic mass is 32.2. The third kappa shape index (κ3) is 4.07. The lowest BCUT2D eigenvalue weighted by molar-refractivity contribution is 0.258. The summed E-state index contributed by atoms with van der Waals surface area (Å²) in [7, 11) is 0. The quantitative estimate of drug-likeness (QED) is 0.285. The highest BCUT2D eigenvalue weighted by Gasteiger charge is 2.18. The van der Waals surface area contributed by atoms with Gasteiger partial charge in [-0.05, 0) is 30.5 Å². The van der Waals surface area contributed by atoms with Gasteiger partial charge in [0.25, 0.3) is 5.56 Å². The number of piperazine rings is 1. The molecular weight excluding hydrogens is 382 g/mol. The number of rotatable bonds is 6. The number of aromatic nitrogens is 4. The number of anilines is 1. The molecule has 0 radical (unpaired) electrons. The van der Waals surface area contributed by atoms with Gasteiger partial charge in [0.05, 0.1) is 5.39 Å². The molecule has 1 saturated heterocycles. The number of fused-ring (bicyclic) bond motifs is 1. The summed E-state index contributed by atoms with van der Waals surface area (Å²) in [6, 6.07) is 3.61. The summed E-state index contributed by atoms with van der Waals surface area (Å²) in [6.45, 7) is 4.91. The van der Waals surface area contributed by atoms with Crippen molar-refractivity contribution in [3.63, 3.8) is 0 Å². The molecule has 0 unspecified atom stereocenters. The number of hydrogen-bond acceptors (Lipinski definition) is 9. The topological polar surface area (TPSA) is 93.2 Å². The molecule has 0 amide bonds. The van der Waals surface area contributed by atoms with Crippen LogP contribution in [0.1, 0.15) is 6.42 Å². The Morgan fingerprint density at radius 2 is 1.96 bits per heavy atom. The first-order valence-electron chi connectivity index (χ1n) is 8.85. The third-order valence-corrected chi connectivity index (χ3v) is 6.40. The van der Waals surface area contributed by atoms with Gasteiger partial charge in [-0.15, -0.1) is 11.3 Å². The lowest BCUT2D eigenvalue weighted by Gasteiger charge is -2.34. The first-order valence-corrected chi connectivity index (χ1v) is 10.7. The summed E-state index contributed by atoms with van der Waals surface area (Å²) < 4.78 is 1.17. The molecule has 0 atom stereocenters. The molecule has 0 aliphatic carbocycles. The molecule has 4 rings (SSSR count). The van der Waals surface area contributed by atoms with E-state index in [1.54, 1.807) is 30.2 Å². The Bertz CT molecular complexity index is 951. The van der Waals surface area contributed by atoms with Crippen molar-refractivity contribution in [1.82, 2.24) is 24.5 Å². The van der Waals surface area contributed by atoms with Gasteiger partial charge < -0.3 is 10.7 Å². The molecule has 142 valence electrons. The van der Waals surface area contributed by atoms with Crippen LogP contribution in [0.5, 0.6) is 0 Å². The van der Waals surface area contributed by atoms with Crippen molar-refractivity contribution >= 4 is 39.3 Å². The summed E-state index contributed by atoms with van der Waals surface area (Å²) in [5.41, 5.74) is -0.178. The van der Waals surface area contributed by atoms with E-state index >= 15 is 0 Å². The van der Waals surface area contributed by atoms with Crippen LogP contribution in [0.2, 0.25) is 0 Å². The molecule has 0 bridgehead atoms. The average molecular weight is 404 g/mol. The Morgan fingerprint density at radius 3 is 2.74 bits per heavy atom. The fourth-order valence-corrected chi connectivity index (χ4v) is 4.73. The van der Waals surface area contributed by atoms with E-state index in [0.29, 0.717) is 10.5 Å². The maximum Gasteiger partial charge on any atom is 0.281 e. The molecule has 1 aliphatic heterocycles. The van der Waals surface area contributed by atoms with E-state index in [1.165, 1.54) is 16.0 Å². The van der Waals surface area contributed by atoms with Crippen molar-refractivity contribution in [1.29, 1.82) is 0 Å². The van der Waals surface area contributed by atoms with E-state index < -0.39 is 0 Å². The van der Waals surface area contributed by atoms with Crippen LogP contribution < -0.4 is 16.3 Å². The fourth-order valence-electron chi connectivity index (χ4n) is 3.09. The van der Waals surface area contributed by atoms with E-state index in [2.05, 4.69) is 24.8 Å². The Kier molecular flexibility index (Phi) is 5.55. The summed E-state index contributed by atoms with van der Waals surface area (Å²) >= 11 is 3.01. The fraction of sp³-hybridized carbons (Fsp3) is 0.412. The zero-order chi connectivity index (χ0) is 18.6.